The molecule has 0 bridgehead atoms. The molecule has 1 atom stereocenters. The van der Waals surface area contributed by atoms with Gasteiger partial charge in [-0.05, 0) is 64.3 Å². The second-order valence-electron chi connectivity index (χ2n) is 7.02. The summed E-state index contributed by atoms with van der Waals surface area (Å²) in [5.74, 6) is 0.174. The first-order chi connectivity index (χ1) is 11.0. The minimum atomic E-state index is 0.0525. The zero-order valence-corrected chi connectivity index (χ0v) is 15.2. The zero-order chi connectivity index (χ0) is 16.8. The highest BCUT2D eigenvalue weighted by Gasteiger charge is 2.30. The van der Waals surface area contributed by atoms with Gasteiger partial charge in [-0.2, -0.15) is 0 Å². The molecule has 23 heavy (non-hydrogen) atoms. The van der Waals surface area contributed by atoms with E-state index >= 15 is 0 Å². The van der Waals surface area contributed by atoms with Gasteiger partial charge in [0.2, 0.25) is 5.91 Å². The van der Waals surface area contributed by atoms with E-state index in [1.807, 2.05) is 0 Å². The van der Waals surface area contributed by atoms with Gasteiger partial charge >= 0.3 is 0 Å². The van der Waals surface area contributed by atoms with E-state index in [9.17, 15) is 4.79 Å². The Morgan fingerprint density at radius 1 is 1.17 bits per heavy atom. The number of amides is 1. The maximum Gasteiger partial charge on any atom is 0.241 e. The molecule has 1 amide bonds. The molecular weight excluding hydrogens is 284 g/mol. The predicted molar refractivity (Wildman–Crippen MR) is 98.0 cm³/mol. The second kappa shape index (κ2) is 8.49. The number of nitrogens with zero attached hydrogens (tertiary/aromatic N) is 1. The number of hydrogen-bond donors (Lipinski definition) is 1. The summed E-state index contributed by atoms with van der Waals surface area (Å²) in [7, 11) is 0. The molecule has 1 N–H and O–H groups in total. The maximum absolute atomic E-state index is 12.8. The molecule has 1 aromatic rings. The quantitative estimate of drug-likeness (QED) is 0.746. The Morgan fingerprint density at radius 2 is 1.87 bits per heavy atom. The third-order valence-electron chi connectivity index (χ3n) is 4.89. The average molecular weight is 316 g/mol. The van der Waals surface area contributed by atoms with Crippen LogP contribution in [0.25, 0.3) is 0 Å². The summed E-state index contributed by atoms with van der Waals surface area (Å²) >= 11 is 0. The molecule has 3 nitrogen and oxygen atoms in total. The van der Waals surface area contributed by atoms with Crippen LogP contribution < -0.4 is 5.32 Å². The van der Waals surface area contributed by atoms with Crippen LogP contribution in [0.3, 0.4) is 0 Å². The molecule has 3 heteroatoms. The average Bonchev–Trinajstić information content (AvgIpc) is 2.95. The summed E-state index contributed by atoms with van der Waals surface area (Å²) in [5.41, 5.74) is 4.56. The van der Waals surface area contributed by atoms with Gasteiger partial charge in [0.05, 0.1) is 6.04 Å². The molecule has 0 aromatic heterocycles. The van der Waals surface area contributed by atoms with E-state index in [0.29, 0.717) is 0 Å². The smallest absolute Gasteiger partial charge is 0.241 e. The first-order valence-corrected chi connectivity index (χ1v) is 9.15. The van der Waals surface area contributed by atoms with Crippen LogP contribution in [0.5, 0.6) is 0 Å². The number of unbranched alkanes of at least 4 members (excludes halogenated alkanes) is 3. The van der Waals surface area contributed by atoms with Crippen LogP contribution in [-0.2, 0) is 4.79 Å². The number of anilines is 1. The number of benzene rings is 1. The van der Waals surface area contributed by atoms with Gasteiger partial charge in [0, 0.05) is 5.69 Å². The molecule has 2 rings (SSSR count). The van der Waals surface area contributed by atoms with Crippen LogP contribution in [0, 0.1) is 20.8 Å². The van der Waals surface area contributed by atoms with Gasteiger partial charge in [0.1, 0.15) is 0 Å². The summed E-state index contributed by atoms with van der Waals surface area (Å²) in [4.78, 5) is 15.1. The monoisotopic (exact) mass is 316 g/mol. The van der Waals surface area contributed by atoms with E-state index in [1.54, 1.807) is 0 Å². The van der Waals surface area contributed by atoms with Crippen LogP contribution in [0.15, 0.2) is 12.1 Å². The Balaban J connectivity index is 1.97. The third kappa shape index (κ3) is 4.81. The van der Waals surface area contributed by atoms with Crippen molar-refractivity contribution in [3.63, 3.8) is 0 Å². The molecule has 1 aliphatic rings. The van der Waals surface area contributed by atoms with E-state index in [4.69, 9.17) is 0 Å². The van der Waals surface area contributed by atoms with Crippen molar-refractivity contribution in [3.05, 3.63) is 28.8 Å². The van der Waals surface area contributed by atoms with Crippen molar-refractivity contribution in [1.29, 1.82) is 0 Å². The molecule has 1 fully saturated rings. The fourth-order valence-corrected chi connectivity index (χ4v) is 3.72. The number of carbonyl (C=O) groups is 1. The van der Waals surface area contributed by atoms with Crippen LogP contribution in [0.2, 0.25) is 0 Å². The molecule has 0 saturated carbocycles. The maximum atomic E-state index is 12.8. The SMILES string of the molecule is CCCCCCN1CCC[C@H]1C(=O)Nc1c(C)cc(C)cc1C. The van der Waals surface area contributed by atoms with Crippen LogP contribution in [0.1, 0.15) is 62.1 Å². The largest absolute Gasteiger partial charge is 0.324 e. The first kappa shape index (κ1) is 18.0. The van der Waals surface area contributed by atoms with E-state index < -0.39 is 0 Å². The standard InChI is InChI=1S/C20H32N2O/c1-5-6-7-8-11-22-12-9-10-18(22)20(23)21-19-16(3)13-15(2)14-17(19)4/h13-14,18H,5-12H2,1-4H3,(H,21,23)/t18-/m0/s1. The topological polar surface area (TPSA) is 32.3 Å². The number of rotatable bonds is 7. The highest BCUT2D eigenvalue weighted by molar-refractivity contribution is 5.96. The van der Waals surface area contributed by atoms with E-state index in [0.717, 1.165) is 42.7 Å². The lowest BCUT2D eigenvalue weighted by Gasteiger charge is -2.24. The Kier molecular flexibility index (Phi) is 6.64. The fraction of sp³-hybridized carbons (Fsp3) is 0.650. The highest BCUT2D eigenvalue weighted by Crippen LogP contribution is 2.25. The van der Waals surface area contributed by atoms with Gasteiger partial charge < -0.3 is 5.32 Å². The lowest BCUT2D eigenvalue weighted by Crippen LogP contribution is -2.40. The molecule has 0 spiro atoms. The minimum absolute atomic E-state index is 0.0525. The van der Waals surface area contributed by atoms with Gasteiger partial charge in [-0.25, -0.2) is 0 Å². The van der Waals surface area contributed by atoms with E-state index in [-0.39, 0.29) is 11.9 Å². The molecule has 1 heterocycles. The van der Waals surface area contributed by atoms with Crippen molar-refractivity contribution in [2.45, 2.75) is 72.3 Å². The lowest BCUT2D eigenvalue weighted by atomic mass is 10.0. The Labute approximate surface area is 141 Å². The predicted octanol–water partition coefficient (Wildman–Crippen LogP) is 4.60. The summed E-state index contributed by atoms with van der Waals surface area (Å²) in [5, 5.41) is 3.20. The number of carbonyl (C=O) groups excluding carboxylic acids is 1. The molecule has 0 unspecified atom stereocenters. The Hall–Kier alpha value is -1.35. The van der Waals surface area contributed by atoms with E-state index in [1.165, 1.54) is 31.2 Å². The zero-order valence-electron chi connectivity index (χ0n) is 15.2. The van der Waals surface area contributed by atoms with Crippen LogP contribution >= 0.6 is 0 Å². The van der Waals surface area contributed by atoms with Gasteiger partial charge in [-0.15, -0.1) is 0 Å². The number of hydrogen-bond acceptors (Lipinski definition) is 2. The molecule has 128 valence electrons. The normalized spacial score (nSPS) is 18.3. The second-order valence-corrected chi connectivity index (χ2v) is 7.02. The fourth-order valence-electron chi connectivity index (χ4n) is 3.72. The molecule has 0 aliphatic carbocycles. The van der Waals surface area contributed by atoms with Gasteiger partial charge in [-0.1, -0.05) is 43.9 Å². The van der Waals surface area contributed by atoms with Crippen LogP contribution in [-0.4, -0.2) is 29.9 Å². The van der Waals surface area contributed by atoms with Crippen molar-refractivity contribution >= 4 is 11.6 Å². The third-order valence-corrected chi connectivity index (χ3v) is 4.89. The van der Waals surface area contributed by atoms with Crippen molar-refractivity contribution in [2.75, 3.05) is 18.4 Å². The molecule has 1 aliphatic heterocycles. The van der Waals surface area contributed by atoms with Crippen molar-refractivity contribution in [3.8, 4) is 0 Å². The van der Waals surface area contributed by atoms with Crippen molar-refractivity contribution in [1.82, 2.24) is 4.90 Å². The van der Waals surface area contributed by atoms with Gasteiger partial charge in [0.15, 0.2) is 0 Å². The molecule has 1 aromatic carbocycles. The Morgan fingerprint density at radius 3 is 2.52 bits per heavy atom. The molecular formula is C20H32N2O. The van der Waals surface area contributed by atoms with Gasteiger partial charge in [-0.3, -0.25) is 9.69 Å². The lowest BCUT2D eigenvalue weighted by molar-refractivity contribution is -0.120. The molecule has 0 radical (unpaired) electrons. The Bertz CT molecular complexity index is 515. The summed E-state index contributed by atoms with van der Waals surface area (Å²) < 4.78 is 0. The van der Waals surface area contributed by atoms with E-state index in [2.05, 4.69) is 50.0 Å². The number of likely N-dealkylation sites (tertiary alicyclic amines) is 1. The van der Waals surface area contributed by atoms with Gasteiger partial charge in [0.25, 0.3) is 0 Å². The van der Waals surface area contributed by atoms with Crippen LogP contribution in [0.4, 0.5) is 5.69 Å². The summed E-state index contributed by atoms with van der Waals surface area (Å²) in [6.07, 6.45) is 7.17. The number of aryl methyl sites for hydroxylation is 3. The molecule has 1 saturated heterocycles. The summed E-state index contributed by atoms with van der Waals surface area (Å²) in [6.45, 7) is 10.6. The minimum Gasteiger partial charge on any atom is -0.324 e. The summed E-state index contributed by atoms with van der Waals surface area (Å²) in [6, 6.07) is 4.33. The highest BCUT2D eigenvalue weighted by atomic mass is 16.2. The van der Waals surface area contributed by atoms with Crippen molar-refractivity contribution in [2.24, 2.45) is 0 Å². The van der Waals surface area contributed by atoms with Crippen molar-refractivity contribution < 1.29 is 4.79 Å². The first-order valence-electron chi connectivity index (χ1n) is 9.15. The number of nitrogens with one attached hydrogen (secondary N) is 1.